The molecule has 0 spiro atoms. The number of pyridine rings is 8. The van der Waals surface area contributed by atoms with Crippen molar-refractivity contribution in [2.24, 2.45) is 0 Å². The summed E-state index contributed by atoms with van der Waals surface area (Å²) in [6.07, 6.45) is 16.0. The van der Waals surface area contributed by atoms with E-state index in [0.717, 1.165) is 90.1 Å². The van der Waals surface area contributed by atoms with Crippen molar-refractivity contribution in [1.82, 2.24) is 39.9 Å². The van der Waals surface area contributed by atoms with Crippen molar-refractivity contribution in [3.63, 3.8) is 0 Å². The Bertz CT molecular complexity index is 7450. The van der Waals surface area contributed by atoms with Gasteiger partial charge in [-0.05, 0) is 151 Å². The molecule has 0 saturated carbocycles. The molecule has 0 bridgehead atoms. The maximum absolute atomic E-state index is 4.73. The van der Waals surface area contributed by atoms with Gasteiger partial charge in [-0.25, -0.2) is 0 Å². The third kappa shape index (κ3) is 33.8. The second-order valence-corrected chi connectivity index (χ2v) is 63.1. The SMILES string of the molecule is CC(C)(C)c1cc(-c2[c-]cccc2)ncc1[Si](C)(C)C.Cc1cc(-c2[c-]ccc(-c3ccccc3)c2)ncc1[Si](C)(C)C.Cc1cc[c-]c(-c2cc(C(C)(C)C)c([Si](C)(C)C)cn2)c1.Cc1cc[c-]c(-c2cc(C)c([Si](C)(C)C)cn2)c1.[Ir].[Ir].[Ir].[Ir].[c-]1ccccc1-c1cc2ccccc2cn1.[c-]1ccccc1-c1cc2ccccc2cn1.[c-]1ccccc1-c1cc2ccccc2cn1.[c-]1ccccc1-c1cc2ccccc2cn1. The average Bonchev–Trinajstić information content (AvgIpc) is 0.781. The molecule has 4 radical (unpaired) electrons. The summed E-state index contributed by atoms with van der Waals surface area (Å²) in [5, 5.41) is 15.3. The first-order valence-electron chi connectivity index (χ1n) is 50.1. The molecule has 0 saturated heterocycles. The predicted octanol–water partition coefficient (Wildman–Crippen LogP) is 32.7. The second kappa shape index (κ2) is 55.0. The third-order valence-corrected chi connectivity index (χ3v) is 33.3. The molecule has 0 N–H and O–H groups in total. The number of aromatic nitrogens is 8. The van der Waals surface area contributed by atoms with Gasteiger partial charge in [0, 0.05) is 130 Å². The van der Waals surface area contributed by atoms with Crippen molar-refractivity contribution in [3.05, 3.63) is 483 Å². The van der Waals surface area contributed by atoms with Gasteiger partial charge in [-0.3, -0.25) is 0 Å². The van der Waals surface area contributed by atoms with E-state index in [0.29, 0.717) is 0 Å². The van der Waals surface area contributed by atoms with Crippen LogP contribution in [0.3, 0.4) is 0 Å². The van der Waals surface area contributed by atoms with Gasteiger partial charge in [-0.1, -0.05) is 321 Å². The van der Waals surface area contributed by atoms with Gasteiger partial charge >= 0.3 is 0 Å². The Morgan fingerprint density at radius 3 is 0.660 bits per heavy atom. The maximum atomic E-state index is 4.73. The largest absolute Gasteiger partial charge is 0.305 e. The Balaban J connectivity index is 0.000000175. The molecule has 8 nitrogen and oxygen atoms in total. The Labute approximate surface area is 950 Å². The predicted molar refractivity (Wildman–Crippen MR) is 632 cm³/mol. The molecule has 8 aromatic heterocycles. The molecule has 13 aromatic carbocycles. The molecule has 0 aliphatic heterocycles. The summed E-state index contributed by atoms with van der Waals surface area (Å²) in [4.78, 5) is 36.5. The summed E-state index contributed by atoms with van der Waals surface area (Å²) in [5.41, 5.74) is 27.2. The van der Waals surface area contributed by atoms with Crippen molar-refractivity contribution in [2.45, 2.75) is 159 Å². The van der Waals surface area contributed by atoms with E-state index in [1.807, 2.05) is 213 Å². The van der Waals surface area contributed by atoms with Gasteiger partial charge in [-0.2, -0.15) is 0 Å². The van der Waals surface area contributed by atoms with Crippen LogP contribution in [0.5, 0.6) is 0 Å². The van der Waals surface area contributed by atoms with E-state index in [-0.39, 0.29) is 91.3 Å². The number of benzene rings is 13. The maximum Gasteiger partial charge on any atom is 0.0799 e. The Kier molecular flexibility index (Phi) is 43.8. The van der Waals surface area contributed by atoms with Crippen LogP contribution in [0.25, 0.3) is 144 Å². The van der Waals surface area contributed by atoms with Gasteiger partial charge in [-0.15, -0.1) is 286 Å². The molecular formula is C134H132Ir4N8Si4-8. The first-order valence-corrected chi connectivity index (χ1v) is 64.1. The second-order valence-electron chi connectivity index (χ2n) is 43.0. The molecule has 0 aliphatic rings. The molecule has 768 valence electrons. The Morgan fingerprint density at radius 1 is 0.187 bits per heavy atom. The van der Waals surface area contributed by atoms with Gasteiger partial charge in [0.25, 0.3) is 0 Å². The smallest absolute Gasteiger partial charge is 0.0799 e. The number of fused-ring (bicyclic) bond motifs is 4. The van der Waals surface area contributed by atoms with E-state index in [1.54, 1.807) is 0 Å². The van der Waals surface area contributed by atoms with Gasteiger partial charge in [0.2, 0.25) is 0 Å². The van der Waals surface area contributed by atoms with E-state index >= 15 is 0 Å². The van der Waals surface area contributed by atoms with Gasteiger partial charge in [0.05, 0.1) is 32.3 Å². The number of aryl methyl sites for hydroxylation is 4. The minimum Gasteiger partial charge on any atom is -0.305 e. The normalized spacial score (nSPS) is 11.1. The molecular weight excluding hydrogens is 2600 g/mol. The molecule has 0 amide bonds. The average molecular weight is 2740 g/mol. The third-order valence-electron chi connectivity index (χ3n) is 25.0. The van der Waals surface area contributed by atoms with Gasteiger partial charge < -0.3 is 39.9 Å². The number of rotatable bonds is 13. The molecule has 0 aliphatic carbocycles. The summed E-state index contributed by atoms with van der Waals surface area (Å²) in [5.74, 6) is 0. The molecule has 21 rings (SSSR count). The number of nitrogens with zero attached hydrogens (tertiary/aromatic N) is 8. The Morgan fingerprint density at radius 2 is 0.407 bits per heavy atom. The molecule has 16 heteroatoms. The zero-order valence-corrected chi connectivity index (χ0v) is 104. The van der Waals surface area contributed by atoms with E-state index in [2.05, 4.69) is 410 Å². The molecule has 0 fully saturated rings. The standard InChI is InChI=1S/C21H22NSi.C19H26NSi.C18H24NSi.C16H20NSi.4C15H10N.4Ir/c1-16-13-20(22-15-21(16)23(2,3)4)19-12-8-11-18(14-19)17-9-6-5-7-10-17;1-14-9-8-10-15(11-14)17-12-16(19(2,3)4)18(13-20-17)21(5,6)7;1-18(2,3)15-12-16(14-10-8-7-9-11-14)19-13-17(15)20(4,5)6;1-12-7-6-8-14(9-12)15-10-13(2)16(11-17-15)18(3,4)5;4*1-2-6-12(7-3-1)15-10-13-8-4-5-9-14(13)11-16-15;;;;/h5-11,13-15H,1-4H3;8-9,11-13H,1-7H3;7-10,12-13H,1-6H3;6-7,9-11H,1-5H3;4*1-6,8-11H;;;;/q8*-1;;;;. The summed E-state index contributed by atoms with van der Waals surface area (Å²) >= 11 is 0. The molecule has 21 aromatic rings. The number of hydrogen-bond donors (Lipinski definition) is 0. The zero-order valence-electron chi connectivity index (χ0n) is 90.0. The van der Waals surface area contributed by atoms with Crippen LogP contribution in [0.4, 0.5) is 0 Å². The summed E-state index contributed by atoms with van der Waals surface area (Å²) in [6, 6.07) is 145. The minimum absolute atomic E-state index is 0. The van der Waals surface area contributed by atoms with E-state index in [9.17, 15) is 0 Å². The summed E-state index contributed by atoms with van der Waals surface area (Å²) in [7, 11) is -5.40. The van der Waals surface area contributed by atoms with Gasteiger partial charge in [0.15, 0.2) is 0 Å². The first kappa shape index (κ1) is 119. The topological polar surface area (TPSA) is 103 Å². The van der Waals surface area contributed by atoms with E-state index < -0.39 is 32.3 Å². The van der Waals surface area contributed by atoms with Crippen LogP contribution in [0.1, 0.15) is 74.9 Å². The van der Waals surface area contributed by atoms with Crippen molar-refractivity contribution in [1.29, 1.82) is 0 Å². The fourth-order valence-electron chi connectivity index (χ4n) is 17.2. The fraction of sp³-hybridized carbons (Fsp3) is 0.179. The first-order chi connectivity index (χ1) is 69.8. The van der Waals surface area contributed by atoms with Crippen LogP contribution in [0, 0.1) is 76.2 Å². The fourth-order valence-corrected chi connectivity index (χ4v) is 24.0. The van der Waals surface area contributed by atoms with E-state index in [1.165, 1.54) is 108 Å². The van der Waals surface area contributed by atoms with Crippen LogP contribution in [-0.2, 0) is 91.3 Å². The zero-order chi connectivity index (χ0) is 104. The van der Waals surface area contributed by atoms with Crippen LogP contribution in [-0.4, -0.2) is 72.2 Å². The van der Waals surface area contributed by atoms with Crippen molar-refractivity contribution in [3.8, 4) is 101 Å². The molecule has 0 unspecified atom stereocenters. The van der Waals surface area contributed by atoms with Crippen molar-refractivity contribution in [2.75, 3.05) is 0 Å². The minimum atomic E-state index is -1.40. The van der Waals surface area contributed by atoms with Crippen LogP contribution < -0.4 is 20.7 Å². The van der Waals surface area contributed by atoms with Crippen LogP contribution in [0.15, 0.2) is 401 Å². The van der Waals surface area contributed by atoms with Crippen LogP contribution in [0.2, 0.25) is 78.6 Å². The summed E-state index contributed by atoms with van der Waals surface area (Å²) < 4.78 is 0. The monoisotopic (exact) mass is 2740 g/mol. The Hall–Kier alpha value is -12.4. The molecule has 0 atom stereocenters. The number of hydrogen-bond acceptors (Lipinski definition) is 8. The quantitative estimate of drug-likeness (QED) is 0.0831. The van der Waals surface area contributed by atoms with Crippen molar-refractivity contribution >= 4 is 96.1 Å². The molecule has 8 heterocycles. The van der Waals surface area contributed by atoms with Gasteiger partial charge in [0.1, 0.15) is 0 Å². The van der Waals surface area contributed by atoms with Crippen LogP contribution >= 0.6 is 0 Å². The molecule has 150 heavy (non-hydrogen) atoms. The summed E-state index contributed by atoms with van der Waals surface area (Å²) in [6.45, 7) is 50.8. The van der Waals surface area contributed by atoms with Crippen molar-refractivity contribution < 1.29 is 80.4 Å². The van der Waals surface area contributed by atoms with E-state index in [4.69, 9.17) is 15.0 Å².